The van der Waals surface area contributed by atoms with Gasteiger partial charge in [-0.05, 0) is 37.8 Å². The van der Waals surface area contributed by atoms with Gasteiger partial charge in [-0.2, -0.15) is 0 Å². The summed E-state index contributed by atoms with van der Waals surface area (Å²) in [5.41, 5.74) is 0. The Hall–Kier alpha value is -1.82. The van der Waals surface area contributed by atoms with Crippen LogP contribution >= 0.6 is 0 Å². The summed E-state index contributed by atoms with van der Waals surface area (Å²) < 4.78 is 24.3. The third kappa shape index (κ3) is 5.52. The third-order valence-corrected chi connectivity index (χ3v) is 3.52. The molecule has 1 fully saturated rings. The van der Waals surface area contributed by atoms with E-state index < -0.39 is 5.82 Å². The van der Waals surface area contributed by atoms with E-state index in [-0.39, 0.29) is 17.9 Å². The van der Waals surface area contributed by atoms with Crippen LogP contribution in [0.3, 0.4) is 0 Å². The Morgan fingerprint density at radius 3 is 3.00 bits per heavy atom. The highest BCUT2D eigenvalue weighted by molar-refractivity contribution is 5.73. The zero-order valence-electron chi connectivity index (χ0n) is 12.8. The lowest BCUT2D eigenvalue weighted by molar-refractivity contribution is 0.0557. The van der Waals surface area contributed by atoms with Gasteiger partial charge in [0.1, 0.15) is 6.10 Å². The summed E-state index contributed by atoms with van der Waals surface area (Å²) in [5, 5.41) is 5.55. The van der Waals surface area contributed by atoms with Gasteiger partial charge in [0.25, 0.3) is 0 Å². The van der Waals surface area contributed by atoms with Gasteiger partial charge >= 0.3 is 6.03 Å². The summed E-state index contributed by atoms with van der Waals surface area (Å²) in [6.07, 6.45) is 1.80. The van der Waals surface area contributed by atoms with Crippen LogP contribution in [0.5, 0.6) is 5.75 Å². The molecule has 122 valence electrons. The molecular weight excluding hydrogens is 287 g/mol. The van der Waals surface area contributed by atoms with Crippen molar-refractivity contribution in [2.24, 2.45) is 5.92 Å². The van der Waals surface area contributed by atoms with Crippen LogP contribution in [0.15, 0.2) is 24.3 Å². The van der Waals surface area contributed by atoms with Gasteiger partial charge in [-0.25, -0.2) is 9.18 Å². The van der Waals surface area contributed by atoms with Gasteiger partial charge in [-0.3, -0.25) is 0 Å². The smallest absolute Gasteiger partial charge is 0.314 e. The van der Waals surface area contributed by atoms with Gasteiger partial charge in [0, 0.05) is 13.2 Å². The molecule has 1 heterocycles. The molecule has 0 saturated carbocycles. The van der Waals surface area contributed by atoms with Crippen LogP contribution in [-0.4, -0.2) is 38.4 Å². The molecule has 2 atom stereocenters. The molecule has 0 bridgehead atoms. The standard InChI is InChI=1S/C16H23FN2O3/c1-12(22-15-7-3-2-6-14(15)17)9-18-16(20)19-10-13-5-4-8-21-11-13/h2-3,6-7,12-13H,4-5,8-11H2,1H3,(H2,18,19,20). The number of nitrogens with one attached hydrogen (secondary N) is 2. The number of halogens is 1. The lowest BCUT2D eigenvalue weighted by atomic mass is 10.0. The molecule has 0 aromatic heterocycles. The summed E-state index contributed by atoms with van der Waals surface area (Å²) in [4.78, 5) is 11.7. The zero-order valence-corrected chi connectivity index (χ0v) is 12.8. The van der Waals surface area contributed by atoms with E-state index in [9.17, 15) is 9.18 Å². The topological polar surface area (TPSA) is 59.6 Å². The fraction of sp³-hybridized carbons (Fsp3) is 0.562. The van der Waals surface area contributed by atoms with Crippen molar-refractivity contribution in [3.63, 3.8) is 0 Å². The molecule has 1 aromatic carbocycles. The maximum atomic E-state index is 13.4. The molecule has 2 unspecified atom stereocenters. The molecule has 2 rings (SSSR count). The first-order valence-corrected chi connectivity index (χ1v) is 7.66. The van der Waals surface area contributed by atoms with Gasteiger partial charge < -0.3 is 20.1 Å². The fourth-order valence-corrected chi connectivity index (χ4v) is 2.30. The van der Waals surface area contributed by atoms with Gasteiger partial charge in [0.2, 0.25) is 0 Å². The van der Waals surface area contributed by atoms with Crippen molar-refractivity contribution in [2.45, 2.75) is 25.9 Å². The first-order valence-electron chi connectivity index (χ1n) is 7.66. The second-order valence-electron chi connectivity index (χ2n) is 5.53. The average Bonchev–Trinajstić information content (AvgIpc) is 2.54. The van der Waals surface area contributed by atoms with E-state index in [1.54, 1.807) is 25.1 Å². The van der Waals surface area contributed by atoms with E-state index in [1.807, 2.05) is 0 Å². The lowest BCUT2D eigenvalue weighted by Gasteiger charge is -2.22. The second-order valence-corrected chi connectivity index (χ2v) is 5.53. The largest absolute Gasteiger partial charge is 0.486 e. The fourth-order valence-electron chi connectivity index (χ4n) is 2.30. The molecule has 5 nitrogen and oxygen atoms in total. The van der Waals surface area contributed by atoms with E-state index >= 15 is 0 Å². The minimum atomic E-state index is -0.406. The normalized spacial score (nSPS) is 19.3. The Balaban J connectivity index is 1.64. The molecule has 1 aliphatic heterocycles. The quantitative estimate of drug-likeness (QED) is 0.848. The Bertz CT molecular complexity index is 478. The molecule has 0 aliphatic carbocycles. The second kappa shape index (κ2) is 8.58. The Kier molecular flexibility index (Phi) is 6.45. The van der Waals surface area contributed by atoms with Crippen LogP contribution < -0.4 is 15.4 Å². The van der Waals surface area contributed by atoms with Gasteiger partial charge in [0.15, 0.2) is 11.6 Å². The number of urea groups is 1. The van der Waals surface area contributed by atoms with Crippen LogP contribution in [0.4, 0.5) is 9.18 Å². The van der Waals surface area contributed by atoms with E-state index in [1.165, 1.54) is 6.07 Å². The summed E-state index contributed by atoms with van der Waals surface area (Å²) in [5.74, 6) is 0.166. The van der Waals surface area contributed by atoms with Crippen molar-refractivity contribution in [3.8, 4) is 5.75 Å². The van der Waals surface area contributed by atoms with E-state index in [0.29, 0.717) is 25.6 Å². The molecule has 0 spiro atoms. The van der Waals surface area contributed by atoms with Gasteiger partial charge in [0.05, 0.1) is 13.2 Å². The number of ether oxygens (including phenoxy) is 2. The van der Waals surface area contributed by atoms with Crippen LogP contribution in [0.2, 0.25) is 0 Å². The van der Waals surface area contributed by atoms with Crippen molar-refractivity contribution in [1.82, 2.24) is 10.6 Å². The number of para-hydroxylation sites is 1. The predicted molar refractivity (Wildman–Crippen MR) is 81.4 cm³/mol. The third-order valence-electron chi connectivity index (χ3n) is 3.52. The molecule has 1 aromatic rings. The number of hydrogen-bond donors (Lipinski definition) is 2. The van der Waals surface area contributed by atoms with Crippen LogP contribution in [0, 0.1) is 11.7 Å². The minimum absolute atomic E-state index is 0.191. The van der Waals surface area contributed by atoms with Crippen molar-refractivity contribution >= 4 is 6.03 Å². The Morgan fingerprint density at radius 2 is 2.27 bits per heavy atom. The highest BCUT2D eigenvalue weighted by atomic mass is 19.1. The van der Waals surface area contributed by atoms with Crippen molar-refractivity contribution in [2.75, 3.05) is 26.3 Å². The molecule has 0 radical (unpaired) electrons. The molecule has 2 amide bonds. The van der Waals surface area contributed by atoms with E-state index in [0.717, 1.165) is 19.4 Å². The lowest BCUT2D eigenvalue weighted by Crippen LogP contribution is -2.43. The molecule has 22 heavy (non-hydrogen) atoms. The van der Waals surface area contributed by atoms with Crippen LogP contribution in [-0.2, 0) is 4.74 Å². The number of hydrogen-bond acceptors (Lipinski definition) is 3. The average molecular weight is 310 g/mol. The van der Waals surface area contributed by atoms with E-state index in [4.69, 9.17) is 9.47 Å². The minimum Gasteiger partial charge on any atom is -0.486 e. The number of benzene rings is 1. The maximum Gasteiger partial charge on any atom is 0.314 e. The number of rotatable bonds is 6. The van der Waals surface area contributed by atoms with Crippen LogP contribution in [0.1, 0.15) is 19.8 Å². The number of carbonyl (C=O) groups excluding carboxylic acids is 1. The molecule has 6 heteroatoms. The first-order chi connectivity index (χ1) is 10.6. The van der Waals surface area contributed by atoms with Crippen molar-refractivity contribution in [3.05, 3.63) is 30.1 Å². The first kappa shape index (κ1) is 16.5. The van der Waals surface area contributed by atoms with Crippen LogP contribution in [0.25, 0.3) is 0 Å². The maximum absolute atomic E-state index is 13.4. The Labute approximate surface area is 130 Å². The van der Waals surface area contributed by atoms with Crippen molar-refractivity contribution < 1.29 is 18.7 Å². The summed E-state index contributed by atoms with van der Waals surface area (Å²) >= 11 is 0. The summed E-state index contributed by atoms with van der Waals surface area (Å²) in [6, 6.07) is 5.98. The molecule has 2 N–H and O–H groups in total. The predicted octanol–water partition coefficient (Wildman–Crippen LogP) is 2.32. The Morgan fingerprint density at radius 1 is 1.45 bits per heavy atom. The van der Waals surface area contributed by atoms with Gasteiger partial charge in [-0.15, -0.1) is 0 Å². The SMILES string of the molecule is CC(CNC(=O)NCC1CCCOC1)Oc1ccccc1F. The molecule has 1 aliphatic rings. The molecule has 1 saturated heterocycles. The molecular formula is C16H23FN2O3. The monoisotopic (exact) mass is 310 g/mol. The summed E-state index contributed by atoms with van der Waals surface area (Å²) in [6.45, 7) is 4.21. The summed E-state index contributed by atoms with van der Waals surface area (Å²) in [7, 11) is 0. The highest BCUT2D eigenvalue weighted by Gasteiger charge is 2.15. The number of amides is 2. The van der Waals surface area contributed by atoms with Gasteiger partial charge in [-0.1, -0.05) is 12.1 Å². The zero-order chi connectivity index (χ0) is 15.8. The van der Waals surface area contributed by atoms with Crippen molar-refractivity contribution in [1.29, 1.82) is 0 Å². The van der Waals surface area contributed by atoms with E-state index in [2.05, 4.69) is 10.6 Å². The highest BCUT2D eigenvalue weighted by Crippen LogP contribution is 2.16. The number of carbonyl (C=O) groups is 1.